The van der Waals surface area contributed by atoms with E-state index in [4.69, 9.17) is 4.98 Å². The molecule has 1 aliphatic rings. The van der Waals surface area contributed by atoms with Crippen LogP contribution in [0, 0.1) is 6.92 Å². The molecule has 1 saturated heterocycles. The minimum atomic E-state index is -0.339. The zero-order chi connectivity index (χ0) is 17.4. The highest BCUT2D eigenvalue weighted by molar-refractivity contribution is 5.93. The van der Waals surface area contributed by atoms with Gasteiger partial charge in [-0.3, -0.25) is 9.59 Å². The van der Waals surface area contributed by atoms with Crippen molar-refractivity contribution < 1.29 is 4.79 Å². The highest BCUT2D eigenvalue weighted by Gasteiger charge is 2.28. The van der Waals surface area contributed by atoms with Crippen LogP contribution < -0.4 is 5.56 Å². The Balaban J connectivity index is 1.59. The highest BCUT2D eigenvalue weighted by Crippen LogP contribution is 2.27. The number of hydrogen-bond donors (Lipinski definition) is 2. The summed E-state index contributed by atoms with van der Waals surface area (Å²) in [6.45, 7) is 3.30. The summed E-state index contributed by atoms with van der Waals surface area (Å²) in [5, 5.41) is 0. The highest BCUT2D eigenvalue weighted by atomic mass is 16.2. The molecule has 1 fully saturated rings. The molecule has 0 saturated carbocycles. The van der Waals surface area contributed by atoms with Gasteiger partial charge >= 0.3 is 0 Å². The third-order valence-corrected chi connectivity index (χ3v) is 4.80. The second-order valence-corrected chi connectivity index (χ2v) is 6.65. The van der Waals surface area contributed by atoms with Crippen LogP contribution in [0.15, 0.2) is 41.3 Å². The van der Waals surface area contributed by atoms with Crippen LogP contribution in [0.5, 0.6) is 0 Å². The SMILES string of the molecule is Cc1ccc2nc(C3CCCN(C(=O)c4ccc[nH]c4=O)C3)[nH]c2c1. The Morgan fingerprint density at radius 2 is 2.20 bits per heavy atom. The van der Waals surface area contributed by atoms with Crippen LogP contribution in [0.4, 0.5) is 0 Å². The van der Waals surface area contributed by atoms with Crippen molar-refractivity contribution in [1.82, 2.24) is 19.9 Å². The van der Waals surface area contributed by atoms with Crippen LogP contribution in [0.3, 0.4) is 0 Å². The van der Waals surface area contributed by atoms with E-state index in [0.717, 1.165) is 29.7 Å². The molecule has 1 amide bonds. The van der Waals surface area contributed by atoms with Gasteiger partial charge in [-0.15, -0.1) is 0 Å². The maximum Gasteiger partial charge on any atom is 0.260 e. The molecule has 0 bridgehead atoms. The lowest BCUT2D eigenvalue weighted by atomic mass is 9.97. The molecule has 0 aliphatic carbocycles. The van der Waals surface area contributed by atoms with Gasteiger partial charge in [0.05, 0.1) is 11.0 Å². The first-order valence-electron chi connectivity index (χ1n) is 8.55. The number of imidazole rings is 1. The number of amides is 1. The third kappa shape index (κ3) is 2.95. The number of nitrogens with one attached hydrogen (secondary N) is 2. The number of aryl methyl sites for hydroxylation is 1. The van der Waals surface area contributed by atoms with E-state index in [-0.39, 0.29) is 22.9 Å². The number of hydrogen-bond acceptors (Lipinski definition) is 3. The molecule has 1 unspecified atom stereocenters. The molecule has 3 aromatic rings. The Kier molecular flexibility index (Phi) is 3.87. The van der Waals surface area contributed by atoms with Crippen LogP contribution in [0.1, 0.15) is 40.5 Å². The number of aromatic amines is 2. The first-order chi connectivity index (χ1) is 12.1. The molecule has 128 valence electrons. The van der Waals surface area contributed by atoms with Crippen molar-refractivity contribution in [3.05, 3.63) is 63.8 Å². The minimum absolute atomic E-state index is 0.160. The zero-order valence-corrected chi connectivity index (χ0v) is 14.1. The van der Waals surface area contributed by atoms with E-state index in [1.54, 1.807) is 17.0 Å². The summed E-state index contributed by atoms with van der Waals surface area (Å²) in [4.78, 5) is 37.0. The summed E-state index contributed by atoms with van der Waals surface area (Å²) in [6.07, 6.45) is 3.42. The average molecular weight is 336 g/mol. The van der Waals surface area contributed by atoms with Crippen molar-refractivity contribution in [1.29, 1.82) is 0 Å². The summed E-state index contributed by atoms with van der Waals surface area (Å²) in [7, 11) is 0. The number of piperidine rings is 1. The van der Waals surface area contributed by atoms with Crippen molar-refractivity contribution >= 4 is 16.9 Å². The number of aromatic nitrogens is 3. The van der Waals surface area contributed by atoms with Gasteiger partial charge in [0.15, 0.2) is 0 Å². The van der Waals surface area contributed by atoms with E-state index in [0.29, 0.717) is 13.1 Å². The molecule has 3 heterocycles. The molecular weight excluding hydrogens is 316 g/mol. The van der Waals surface area contributed by atoms with Gasteiger partial charge < -0.3 is 14.9 Å². The first kappa shape index (κ1) is 15.6. The molecule has 0 spiro atoms. The number of fused-ring (bicyclic) bond motifs is 1. The average Bonchev–Trinajstić information content (AvgIpc) is 3.05. The van der Waals surface area contributed by atoms with E-state index in [9.17, 15) is 9.59 Å². The van der Waals surface area contributed by atoms with Gasteiger partial charge in [-0.1, -0.05) is 6.07 Å². The molecule has 1 aromatic carbocycles. The molecule has 1 atom stereocenters. The normalized spacial score (nSPS) is 17.8. The van der Waals surface area contributed by atoms with E-state index in [2.05, 4.69) is 23.0 Å². The zero-order valence-electron chi connectivity index (χ0n) is 14.1. The quantitative estimate of drug-likeness (QED) is 0.754. The Labute approximate surface area is 144 Å². The number of carbonyl (C=O) groups is 1. The number of H-pyrrole nitrogens is 2. The standard InChI is InChI=1S/C19H20N4O2/c1-12-6-7-15-16(10-12)22-17(21-15)13-4-3-9-23(11-13)19(25)14-5-2-8-20-18(14)24/h2,5-8,10,13H,3-4,9,11H2,1H3,(H,20,24)(H,21,22). The number of carbonyl (C=O) groups excluding carboxylic acids is 1. The smallest absolute Gasteiger partial charge is 0.260 e. The van der Waals surface area contributed by atoms with E-state index in [1.807, 2.05) is 12.1 Å². The van der Waals surface area contributed by atoms with Gasteiger partial charge in [-0.05, 0) is 49.6 Å². The number of rotatable bonds is 2. The molecule has 2 aromatic heterocycles. The van der Waals surface area contributed by atoms with Crippen LogP contribution >= 0.6 is 0 Å². The third-order valence-electron chi connectivity index (χ3n) is 4.80. The first-order valence-corrected chi connectivity index (χ1v) is 8.55. The van der Waals surface area contributed by atoms with Crippen molar-refractivity contribution in [2.75, 3.05) is 13.1 Å². The van der Waals surface area contributed by atoms with Crippen LogP contribution in [-0.2, 0) is 0 Å². The summed E-state index contributed by atoms with van der Waals surface area (Å²) in [5.41, 5.74) is 3.02. The lowest BCUT2D eigenvalue weighted by Gasteiger charge is -2.31. The Hall–Kier alpha value is -2.89. The lowest BCUT2D eigenvalue weighted by Crippen LogP contribution is -2.41. The second-order valence-electron chi connectivity index (χ2n) is 6.65. The largest absolute Gasteiger partial charge is 0.342 e. The molecule has 25 heavy (non-hydrogen) atoms. The molecule has 6 nitrogen and oxygen atoms in total. The van der Waals surface area contributed by atoms with Gasteiger partial charge in [-0.25, -0.2) is 4.98 Å². The van der Waals surface area contributed by atoms with Crippen LogP contribution in [0.2, 0.25) is 0 Å². The van der Waals surface area contributed by atoms with Crippen molar-refractivity contribution in [3.8, 4) is 0 Å². The van der Waals surface area contributed by atoms with Crippen molar-refractivity contribution in [2.24, 2.45) is 0 Å². The number of nitrogens with zero attached hydrogens (tertiary/aromatic N) is 2. The van der Waals surface area contributed by atoms with Gasteiger partial charge in [0.1, 0.15) is 11.4 Å². The van der Waals surface area contributed by atoms with E-state index in [1.165, 1.54) is 11.8 Å². The van der Waals surface area contributed by atoms with Gasteiger partial charge in [0.2, 0.25) is 0 Å². The number of pyridine rings is 1. The fraction of sp³-hybridized carbons (Fsp3) is 0.316. The Morgan fingerprint density at radius 1 is 1.32 bits per heavy atom. The Morgan fingerprint density at radius 3 is 3.04 bits per heavy atom. The summed E-state index contributed by atoms with van der Waals surface area (Å²) in [5.74, 6) is 0.867. The molecule has 6 heteroatoms. The topological polar surface area (TPSA) is 81.8 Å². The Bertz CT molecular complexity index is 988. The second kappa shape index (κ2) is 6.20. The summed E-state index contributed by atoms with van der Waals surface area (Å²) >= 11 is 0. The van der Waals surface area contributed by atoms with Gasteiger partial charge in [0, 0.05) is 25.2 Å². The number of benzene rings is 1. The molecule has 4 rings (SSSR count). The van der Waals surface area contributed by atoms with Crippen LogP contribution in [0.25, 0.3) is 11.0 Å². The van der Waals surface area contributed by atoms with Gasteiger partial charge in [0.25, 0.3) is 11.5 Å². The molecular formula is C19H20N4O2. The van der Waals surface area contributed by atoms with Crippen molar-refractivity contribution in [3.63, 3.8) is 0 Å². The van der Waals surface area contributed by atoms with E-state index >= 15 is 0 Å². The molecule has 2 N–H and O–H groups in total. The summed E-state index contributed by atoms with van der Waals surface area (Å²) < 4.78 is 0. The van der Waals surface area contributed by atoms with Crippen molar-refractivity contribution in [2.45, 2.75) is 25.7 Å². The molecule has 1 aliphatic heterocycles. The number of likely N-dealkylation sites (tertiary alicyclic amines) is 1. The molecule has 0 radical (unpaired) electrons. The minimum Gasteiger partial charge on any atom is -0.342 e. The van der Waals surface area contributed by atoms with E-state index < -0.39 is 0 Å². The predicted octanol–water partition coefficient (Wildman–Crippen LogP) is 2.58. The fourth-order valence-corrected chi connectivity index (χ4v) is 3.48. The summed E-state index contributed by atoms with van der Waals surface area (Å²) in [6, 6.07) is 9.40. The maximum atomic E-state index is 12.7. The van der Waals surface area contributed by atoms with Gasteiger partial charge in [-0.2, -0.15) is 0 Å². The lowest BCUT2D eigenvalue weighted by molar-refractivity contribution is 0.0703. The maximum absolute atomic E-state index is 12.7. The van der Waals surface area contributed by atoms with Crippen LogP contribution in [-0.4, -0.2) is 38.8 Å². The predicted molar refractivity (Wildman–Crippen MR) is 95.8 cm³/mol. The fourth-order valence-electron chi connectivity index (χ4n) is 3.48. The monoisotopic (exact) mass is 336 g/mol.